The summed E-state index contributed by atoms with van der Waals surface area (Å²) in [4.78, 5) is 14.0. The number of hydrogen-bond donors (Lipinski definition) is 1. The maximum Gasteiger partial charge on any atom is 0.318 e. The van der Waals surface area contributed by atoms with E-state index < -0.39 is 0 Å². The lowest BCUT2D eigenvalue weighted by atomic mass is 10.00. The lowest BCUT2D eigenvalue weighted by molar-refractivity contribution is 0.183. The minimum Gasteiger partial charge on any atom is -0.333 e. The lowest BCUT2D eigenvalue weighted by Crippen LogP contribution is -2.49. The van der Waals surface area contributed by atoms with Gasteiger partial charge in [-0.25, -0.2) is 4.79 Å². The van der Waals surface area contributed by atoms with Crippen molar-refractivity contribution in [2.75, 3.05) is 6.54 Å². The van der Waals surface area contributed by atoms with Gasteiger partial charge in [-0.3, -0.25) is 0 Å². The van der Waals surface area contributed by atoms with Crippen LogP contribution >= 0.6 is 15.9 Å². The van der Waals surface area contributed by atoms with Gasteiger partial charge in [0.2, 0.25) is 0 Å². The number of carbonyl (C=O) groups is 1. The second kappa shape index (κ2) is 4.92. The third-order valence-electron chi connectivity index (χ3n) is 2.95. The molecule has 3 nitrogen and oxygen atoms in total. The van der Waals surface area contributed by atoms with Gasteiger partial charge in [-0.05, 0) is 50.5 Å². The molecule has 4 heteroatoms. The Morgan fingerprint density at radius 1 is 1.33 bits per heavy atom. The van der Waals surface area contributed by atoms with Gasteiger partial charge in [0.1, 0.15) is 0 Å². The molecule has 1 N–H and O–H groups in total. The molecule has 1 aliphatic heterocycles. The molecule has 2 amide bonds. The van der Waals surface area contributed by atoms with E-state index in [1.54, 1.807) is 0 Å². The molecule has 0 saturated heterocycles. The largest absolute Gasteiger partial charge is 0.333 e. The van der Waals surface area contributed by atoms with E-state index in [-0.39, 0.29) is 11.6 Å². The van der Waals surface area contributed by atoms with Gasteiger partial charge < -0.3 is 10.2 Å². The molecule has 0 aliphatic carbocycles. The molecule has 0 radical (unpaired) electrons. The summed E-state index contributed by atoms with van der Waals surface area (Å²) < 4.78 is 1.11. The Balaban J connectivity index is 2.08. The number of amides is 2. The van der Waals surface area contributed by atoms with Crippen LogP contribution in [0.25, 0.3) is 0 Å². The smallest absolute Gasteiger partial charge is 0.318 e. The average molecular weight is 311 g/mol. The van der Waals surface area contributed by atoms with E-state index in [0.717, 1.165) is 17.4 Å². The van der Waals surface area contributed by atoms with Gasteiger partial charge in [-0.2, -0.15) is 0 Å². The van der Waals surface area contributed by atoms with Gasteiger partial charge in [-0.15, -0.1) is 0 Å². The summed E-state index contributed by atoms with van der Waals surface area (Å²) in [5.74, 6) is 0. The van der Waals surface area contributed by atoms with Crippen LogP contribution in [-0.2, 0) is 13.0 Å². The van der Waals surface area contributed by atoms with Crippen molar-refractivity contribution >= 4 is 22.0 Å². The molecule has 0 bridgehead atoms. The Hall–Kier alpha value is -1.03. The molecule has 0 aromatic heterocycles. The Morgan fingerprint density at radius 2 is 2.06 bits per heavy atom. The third-order valence-corrected chi connectivity index (χ3v) is 3.44. The molecule has 1 aromatic rings. The highest BCUT2D eigenvalue weighted by Gasteiger charge is 2.23. The predicted octanol–water partition coefficient (Wildman–Crippen LogP) is 3.32. The van der Waals surface area contributed by atoms with Crippen LogP contribution in [0.5, 0.6) is 0 Å². The molecule has 1 aliphatic rings. The molecule has 2 rings (SSSR count). The van der Waals surface area contributed by atoms with E-state index >= 15 is 0 Å². The van der Waals surface area contributed by atoms with Crippen LogP contribution in [0.3, 0.4) is 0 Å². The Kier molecular flexibility index (Phi) is 3.66. The standard InChI is InChI=1S/C14H19BrN2O/c1-14(2,3)16-13(18)17-7-6-10-8-12(15)5-4-11(10)9-17/h4-5,8H,6-7,9H2,1-3H3,(H,16,18). The van der Waals surface area contributed by atoms with Crippen LogP contribution in [0, 0.1) is 0 Å². The molecular formula is C14H19BrN2O. The molecule has 98 valence electrons. The molecule has 0 fully saturated rings. The highest BCUT2D eigenvalue weighted by atomic mass is 79.9. The Labute approximate surface area is 117 Å². The number of hydrogen-bond acceptors (Lipinski definition) is 1. The van der Waals surface area contributed by atoms with E-state index in [9.17, 15) is 4.79 Å². The van der Waals surface area contributed by atoms with Crippen molar-refractivity contribution in [2.45, 2.75) is 39.3 Å². The number of fused-ring (bicyclic) bond motifs is 1. The van der Waals surface area contributed by atoms with Crippen molar-refractivity contribution in [1.29, 1.82) is 0 Å². The first-order valence-corrected chi connectivity index (χ1v) is 6.99. The van der Waals surface area contributed by atoms with Crippen LogP contribution in [0.4, 0.5) is 4.79 Å². The zero-order chi connectivity index (χ0) is 13.3. The van der Waals surface area contributed by atoms with E-state index in [1.165, 1.54) is 11.1 Å². The van der Waals surface area contributed by atoms with Gasteiger partial charge in [0.25, 0.3) is 0 Å². The highest BCUT2D eigenvalue weighted by Crippen LogP contribution is 2.23. The molecule has 0 saturated carbocycles. The van der Waals surface area contributed by atoms with Gasteiger partial charge in [-0.1, -0.05) is 22.0 Å². The zero-order valence-electron chi connectivity index (χ0n) is 11.1. The topological polar surface area (TPSA) is 32.3 Å². The summed E-state index contributed by atoms with van der Waals surface area (Å²) in [5, 5.41) is 3.01. The number of rotatable bonds is 0. The summed E-state index contributed by atoms with van der Waals surface area (Å²) in [6.07, 6.45) is 0.923. The quantitative estimate of drug-likeness (QED) is 0.783. The summed E-state index contributed by atoms with van der Waals surface area (Å²) in [5.41, 5.74) is 2.40. The van der Waals surface area contributed by atoms with Crippen molar-refractivity contribution in [1.82, 2.24) is 10.2 Å². The summed E-state index contributed by atoms with van der Waals surface area (Å²) in [6, 6.07) is 6.30. The van der Waals surface area contributed by atoms with E-state index in [1.807, 2.05) is 31.7 Å². The second-order valence-corrected chi connectivity index (χ2v) is 6.68. The number of nitrogens with zero attached hydrogens (tertiary/aromatic N) is 1. The molecule has 1 aromatic carbocycles. The number of nitrogens with one attached hydrogen (secondary N) is 1. The predicted molar refractivity (Wildman–Crippen MR) is 76.5 cm³/mol. The number of benzene rings is 1. The molecule has 18 heavy (non-hydrogen) atoms. The Morgan fingerprint density at radius 3 is 2.72 bits per heavy atom. The first kappa shape index (κ1) is 13.4. The first-order chi connectivity index (χ1) is 8.35. The van der Waals surface area contributed by atoms with E-state index in [2.05, 4.69) is 33.4 Å². The normalized spacial score (nSPS) is 15.2. The van der Waals surface area contributed by atoms with Crippen LogP contribution in [0.1, 0.15) is 31.9 Å². The Bertz CT molecular complexity index is 465. The van der Waals surface area contributed by atoms with Crippen molar-refractivity contribution in [2.24, 2.45) is 0 Å². The maximum absolute atomic E-state index is 12.1. The maximum atomic E-state index is 12.1. The minimum atomic E-state index is -0.183. The van der Waals surface area contributed by atoms with Crippen LogP contribution in [-0.4, -0.2) is 23.0 Å². The fraction of sp³-hybridized carbons (Fsp3) is 0.500. The van der Waals surface area contributed by atoms with Crippen molar-refractivity contribution in [3.05, 3.63) is 33.8 Å². The van der Waals surface area contributed by atoms with Crippen molar-refractivity contribution < 1.29 is 4.79 Å². The molecule has 0 unspecified atom stereocenters. The van der Waals surface area contributed by atoms with Crippen LogP contribution in [0.2, 0.25) is 0 Å². The summed E-state index contributed by atoms with van der Waals surface area (Å²) >= 11 is 3.48. The fourth-order valence-corrected chi connectivity index (χ4v) is 2.50. The third kappa shape index (κ3) is 3.25. The van der Waals surface area contributed by atoms with Gasteiger partial charge in [0.15, 0.2) is 0 Å². The SMILES string of the molecule is CC(C)(C)NC(=O)N1CCc2cc(Br)ccc2C1. The molecule has 0 atom stereocenters. The highest BCUT2D eigenvalue weighted by molar-refractivity contribution is 9.10. The zero-order valence-corrected chi connectivity index (χ0v) is 12.7. The van der Waals surface area contributed by atoms with E-state index in [4.69, 9.17) is 0 Å². The van der Waals surface area contributed by atoms with E-state index in [0.29, 0.717) is 6.54 Å². The number of urea groups is 1. The van der Waals surface area contributed by atoms with Crippen LogP contribution < -0.4 is 5.32 Å². The van der Waals surface area contributed by atoms with Gasteiger partial charge in [0, 0.05) is 23.1 Å². The van der Waals surface area contributed by atoms with Gasteiger partial charge in [0.05, 0.1) is 0 Å². The molecular weight excluding hydrogens is 292 g/mol. The van der Waals surface area contributed by atoms with Crippen molar-refractivity contribution in [3.8, 4) is 0 Å². The van der Waals surface area contributed by atoms with Crippen molar-refractivity contribution in [3.63, 3.8) is 0 Å². The molecule has 0 spiro atoms. The minimum absolute atomic E-state index is 0.0241. The summed E-state index contributed by atoms with van der Waals surface area (Å²) in [7, 11) is 0. The van der Waals surface area contributed by atoms with Gasteiger partial charge >= 0.3 is 6.03 Å². The first-order valence-electron chi connectivity index (χ1n) is 6.19. The summed E-state index contributed by atoms with van der Waals surface area (Å²) in [6.45, 7) is 7.48. The average Bonchev–Trinajstić information content (AvgIpc) is 2.26. The fourth-order valence-electron chi connectivity index (χ4n) is 2.09. The second-order valence-electron chi connectivity index (χ2n) is 5.76. The molecule has 1 heterocycles. The number of halogens is 1. The monoisotopic (exact) mass is 310 g/mol. The number of carbonyl (C=O) groups excluding carboxylic acids is 1. The lowest BCUT2D eigenvalue weighted by Gasteiger charge is -2.32. The van der Waals surface area contributed by atoms with Crippen LogP contribution in [0.15, 0.2) is 22.7 Å².